The highest BCUT2D eigenvalue weighted by Crippen LogP contribution is 2.45. The van der Waals surface area contributed by atoms with Gasteiger partial charge in [0.05, 0.1) is 19.8 Å². The van der Waals surface area contributed by atoms with Crippen LogP contribution in [0.2, 0.25) is 0 Å². The van der Waals surface area contributed by atoms with Gasteiger partial charge in [-0.3, -0.25) is 4.79 Å². The SMILES string of the molecule is C=CC1=C(C=C)C(OCCOCC(=O)NCC#CC(C)C)SSC1C.[HH]. The summed E-state index contributed by atoms with van der Waals surface area (Å²) in [4.78, 5) is 11.6. The first-order chi connectivity index (χ1) is 12.0. The molecular weight excluding hydrogens is 354 g/mol. The van der Waals surface area contributed by atoms with E-state index in [0.717, 1.165) is 11.1 Å². The monoisotopic (exact) mass is 383 g/mol. The van der Waals surface area contributed by atoms with Crippen molar-refractivity contribution in [3.63, 3.8) is 0 Å². The van der Waals surface area contributed by atoms with Crippen molar-refractivity contribution in [2.24, 2.45) is 5.92 Å². The van der Waals surface area contributed by atoms with Gasteiger partial charge >= 0.3 is 0 Å². The van der Waals surface area contributed by atoms with Crippen LogP contribution in [0, 0.1) is 17.8 Å². The third kappa shape index (κ3) is 8.19. The van der Waals surface area contributed by atoms with Crippen LogP contribution >= 0.6 is 21.6 Å². The molecule has 0 fully saturated rings. The highest BCUT2D eigenvalue weighted by Gasteiger charge is 2.26. The van der Waals surface area contributed by atoms with Crippen molar-refractivity contribution in [3.8, 4) is 11.8 Å². The lowest BCUT2D eigenvalue weighted by Crippen LogP contribution is -2.28. The van der Waals surface area contributed by atoms with Gasteiger partial charge in [-0.2, -0.15) is 0 Å². The molecule has 1 heterocycles. The fraction of sp³-hybridized carbons (Fsp3) is 0.526. The Morgan fingerprint density at radius 1 is 1.32 bits per heavy atom. The Balaban J connectivity index is 0.00000625. The molecular formula is C19H29NO3S2. The molecule has 1 N–H and O–H groups in total. The number of nitrogens with one attached hydrogen (secondary N) is 1. The largest absolute Gasteiger partial charge is 0.369 e. The third-order valence-corrected chi connectivity index (χ3v) is 6.19. The van der Waals surface area contributed by atoms with E-state index in [1.54, 1.807) is 21.6 Å². The third-order valence-electron chi connectivity index (χ3n) is 3.25. The molecule has 0 bridgehead atoms. The first-order valence-corrected chi connectivity index (χ1v) is 10.5. The minimum absolute atomic E-state index is 0. The summed E-state index contributed by atoms with van der Waals surface area (Å²) in [5.41, 5.74) is 2.13. The molecule has 1 amide bonds. The van der Waals surface area contributed by atoms with E-state index in [1.807, 2.05) is 26.0 Å². The van der Waals surface area contributed by atoms with Crippen molar-refractivity contribution in [3.05, 3.63) is 36.5 Å². The number of hydrogen-bond donors (Lipinski definition) is 1. The van der Waals surface area contributed by atoms with Gasteiger partial charge in [-0.25, -0.2) is 0 Å². The molecule has 0 radical (unpaired) electrons. The summed E-state index contributed by atoms with van der Waals surface area (Å²) >= 11 is 0. The maximum atomic E-state index is 11.6. The van der Waals surface area contributed by atoms with Gasteiger partial charge < -0.3 is 14.8 Å². The summed E-state index contributed by atoms with van der Waals surface area (Å²) in [5, 5.41) is 3.06. The summed E-state index contributed by atoms with van der Waals surface area (Å²) in [5.74, 6) is 6.01. The topological polar surface area (TPSA) is 47.6 Å². The molecule has 2 atom stereocenters. The predicted octanol–water partition coefficient (Wildman–Crippen LogP) is 3.82. The summed E-state index contributed by atoms with van der Waals surface area (Å²) in [7, 11) is 3.43. The Bertz CT molecular complexity index is 567. The smallest absolute Gasteiger partial charge is 0.246 e. The number of hydrogen-bond acceptors (Lipinski definition) is 5. The maximum Gasteiger partial charge on any atom is 0.246 e. The first kappa shape index (κ1) is 21.9. The lowest BCUT2D eigenvalue weighted by Gasteiger charge is -2.28. The highest BCUT2D eigenvalue weighted by atomic mass is 33.1. The van der Waals surface area contributed by atoms with E-state index in [1.165, 1.54) is 0 Å². The lowest BCUT2D eigenvalue weighted by atomic mass is 10.1. The molecule has 0 aromatic carbocycles. The Hall–Kier alpha value is -1.13. The van der Waals surface area contributed by atoms with E-state index in [9.17, 15) is 4.79 Å². The van der Waals surface area contributed by atoms with Gasteiger partial charge in [-0.05, 0) is 18.1 Å². The van der Waals surface area contributed by atoms with E-state index in [2.05, 4.69) is 37.2 Å². The standard InChI is InChI=1S/C19H27NO3S2.H2/c1-6-16-15(5)24-25-19(17(16)7-2)23-12-11-22-13-18(21)20-10-8-9-14(3)4;/h6-7,14-15,19H,1-2,10-13H2,3-5H3,(H,20,21);1H. The van der Waals surface area contributed by atoms with Crippen LogP contribution < -0.4 is 5.32 Å². The molecule has 0 aromatic rings. The molecule has 1 aliphatic rings. The fourth-order valence-corrected chi connectivity index (χ4v) is 4.73. The Morgan fingerprint density at radius 3 is 2.68 bits per heavy atom. The van der Waals surface area contributed by atoms with Gasteiger partial charge in [0.2, 0.25) is 5.91 Å². The van der Waals surface area contributed by atoms with Crippen LogP contribution in [-0.4, -0.2) is 43.0 Å². The molecule has 0 saturated heterocycles. The van der Waals surface area contributed by atoms with Gasteiger partial charge in [0.1, 0.15) is 12.0 Å². The quantitative estimate of drug-likeness (QED) is 0.373. The fourth-order valence-electron chi connectivity index (χ4n) is 2.05. The zero-order valence-electron chi connectivity index (χ0n) is 15.2. The van der Waals surface area contributed by atoms with E-state index < -0.39 is 0 Å². The Morgan fingerprint density at radius 2 is 2.04 bits per heavy atom. The Kier molecular flexibility index (Phi) is 10.7. The van der Waals surface area contributed by atoms with Gasteiger partial charge in [0.25, 0.3) is 0 Å². The van der Waals surface area contributed by atoms with Crippen LogP contribution in [0.15, 0.2) is 36.5 Å². The summed E-state index contributed by atoms with van der Waals surface area (Å²) in [6, 6.07) is 0. The van der Waals surface area contributed by atoms with E-state index in [0.29, 0.717) is 30.9 Å². The molecule has 2 unspecified atom stereocenters. The number of carbonyl (C=O) groups is 1. The van der Waals surface area contributed by atoms with Crippen LogP contribution in [0.3, 0.4) is 0 Å². The van der Waals surface area contributed by atoms with Gasteiger partial charge in [0.15, 0.2) is 0 Å². The predicted molar refractivity (Wildman–Crippen MR) is 110 cm³/mol. The summed E-state index contributed by atoms with van der Waals surface area (Å²) in [6.45, 7) is 15.0. The lowest BCUT2D eigenvalue weighted by molar-refractivity contribution is -0.125. The molecule has 1 aliphatic heterocycles. The summed E-state index contributed by atoms with van der Waals surface area (Å²) in [6.07, 6.45) is 3.70. The molecule has 0 saturated carbocycles. The number of rotatable bonds is 9. The van der Waals surface area contributed by atoms with Crippen LogP contribution in [0.25, 0.3) is 0 Å². The van der Waals surface area contributed by atoms with Crippen LogP contribution in [0.4, 0.5) is 0 Å². The normalized spacial score (nSPS) is 20.0. The highest BCUT2D eigenvalue weighted by molar-refractivity contribution is 8.77. The van der Waals surface area contributed by atoms with Gasteiger partial charge in [-0.1, -0.05) is 72.6 Å². The maximum absolute atomic E-state index is 11.6. The van der Waals surface area contributed by atoms with Crippen LogP contribution in [-0.2, 0) is 14.3 Å². The van der Waals surface area contributed by atoms with Crippen molar-refractivity contribution < 1.29 is 15.7 Å². The van der Waals surface area contributed by atoms with Gasteiger partial charge in [-0.15, -0.1) is 0 Å². The molecule has 140 valence electrons. The summed E-state index contributed by atoms with van der Waals surface area (Å²) < 4.78 is 11.2. The van der Waals surface area contributed by atoms with E-state index >= 15 is 0 Å². The molecule has 25 heavy (non-hydrogen) atoms. The molecule has 0 spiro atoms. The average molecular weight is 384 g/mol. The molecule has 4 nitrogen and oxygen atoms in total. The number of ether oxygens (including phenoxy) is 2. The van der Waals surface area contributed by atoms with Crippen molar-refractivity contribution in [1.82, 2.24) is 5.32 Å². The minimum atomic E-state index is -0.171. The van der Waals surface area contributed by atoms with Crippen molar-refractivity contribution in [2.45, 2.75) is 31.5 Å². The second kappa shape index (κ2) is 12.3. The molecule has 6 heteroatoms. The number of amides is 1. The first-order valence-electron chi connectivity index (χ1n) is 8.25. The van der Waals surface area contributed by atoms with Gasteiger partial charge in [0, 0.05) is 12.6 Å². The zero-order chi connectivity index (χ0) is 18.7. The van der Waals surface area contributed by atoms with E-state index in [-0.39, 0.29) is 19.4 Å². The van der Waals surface area contributed by atoms with E-state index in [4.69, 9.17) is 9.47 Å². The molecule has 0 aromatic heterocycles. The molecule has 0 aliphatic carbocycles. The number of allylic oxidation sites excluding steroid dienone is 1. The zero-order valence-corrected chi connectivity index (χ0v) is 16.8. The molecule has 1 rings (SSSR count). The van der Waals surface area contributed by atoms with Crippen LogP contribution in [0.5, 0.6) is 0 Å². The van der Waals surface area contributed by atoms with Crippen LogP contribution in [0.1, 0.15) is 22.2 Å². The number of carbonyl (C=O) groups excluding carboxylic acids is 1. The Labute approximate surface area is 160 Å². The van der Waals surface area contributed by atoms with Crippen molar-refractivity contribution in [2.75, 3.05) is 26.4 Å². The minimum Gasteiger partial charge on any atom is -0.369 e. The average Bonchev–Trinajstić information content (AvgIpc) is 2.58. The van der Waals surface area contributed by atoms with Crippen molar-refractivity contribution in [1.29, 1.82) is 0 Å². The second-order valence-electron chi connectivity index (χ2n) is 5.66. The second-order valence-corrected chi connectivity index (χ2v) is 8.34. The van der Waals surface area contributed by atoms with Crippen molar-refractivity contribution >= 4 is 27.5 Å².